The normalized spacial score (nSPS) is 11.7. The highest BCUT2D eigenvalue weighted by molar-refractivity contribution is 6.10. The lowest BCUT2D eigenvalue weighted by Gasteiger charge is -2.12. The molecule has 0 fully saturated rings. The quantitative estimate of drug-likeness (QED) is 0.167. The van der Waals surface area contributed by atoms with E-state index in [2.05, 4.69) is 143 Å². The van der Waals surface area contributed by atoms with Crippen molar-refractivity contribution in [2.45, 2.75) is 0 Å². The van der Waals surface area contributed by atoms with Gasteiger partial charge in [0, 0.05) is 45.2 Å². The summed E-state index contributed by atoms with van der Waals surface area (Å²) in [5.74, 6) is 2.35. The topological polar surface area (TPSA) is 87.2 Å². The minimum atomic E-state index is 0.477. The third-order valence-electron chi connectivity index (χ3n) is 11.3. The molecule has 0 aliphatic rings. The molecular weight excluding hydrogens is 737 g/mol. The Morgan fingerprint density at radius 1 is 0.350 bits per heavy atom. The first-order chi connectivity index (χ1) is 29.7. The fraction of sp³-hybridized carbons (Fsp3) is 0. The number of rotatable bonds is 6. The smallest absolute Gasteiger partial charge is 0.238 e. The maximum absolute atomic E-state index is 5.21. The Morgan fingerprint density at radius 3 is 1.60 bits per heavy atom. The molecule has 0 radical (unpaired) electrons. The lowest BCUT2D eigenvalue weighted by Crippen LogP contribution is -2.07. The van der Waals surface area contributed by atoms with Gasteiger partial charge in [-0.2, -0.15) is 9.97 Å². The molecule has 12 aromatic rings. The predicted molar refractivity (Wildman–Crippen MR) is 241 cm³/mol. The van der Waals surface area contributed by atoms with Gasteiger partial charge in [0.25, 0.3) is 0 Å². The van der Waals surface area contributed by atoms with E-state index in [0.717, 1.165) is 82.6 Å². The van der Waals surface area contributed by atoms with Crippen molar-refractivity contribution in [3.05, 3.63) is 194 Å². The second-order valence-electron chi connectivity index (χ2n) is 14.8. The van der Waals surface area contributed by atoms with Crippen LogP contribution in [0.3, 0.4) is 0 Å². The molecule has 12 rings (SSSR count). The van der Waals surface area contributed by atoms with Crippen LogP contribution >= 0.6 is 0 Å². The molecule has 0 atom stereocenters. The molecule has 0 aliphatic carbocycles. The van der Waals surface area contributed by atoms with Crippen LogP contribution in [0.15, 0.2) is 194 Å². The SMILES string of the molecule is c1ccc(-n2c(-c3ccc(-c4ccc5c(c4)c4ccccc4n5-c4nc(-c5nccc6ccccc56)nc(-c5nccc6ccccc56)n4)cc3)nc3ccccc32)cc1. The van der Waals surface area contributed by atoms with Gasteiger partial charge in [0.05, 0.1) is 22.1 Å². The van der Waals surface area contributed by atoms with Crippen molar-refractivity contribution in [2.75, 3.05) is 0 Å². The zero-order valence-corrected chi connectivity index (χ0v) is 32.1. The average Bonchev–Trinajstić information content (AvgIpc) is 3.87. The Morgan fingerprint density at radius 2 is 0.900 bits per heavy atom. The van der Waals surface area contributed by atoms with Gasteiger partial charge in [-0.3, -0.25) is 19.1 Å². The summed E-state index contributed by atoms with van der Waals surface area (Å²) in [7, 11) is 0. The minimum Gasteiger partial charge on any atom is -0.292 e. The van der Waals surface area contributed by atoms with E-state index < -0.39 is 0 Å². The summed E-state index contributed by atoms with van der Waals surface area (Å²) in [6.07, 6.45) is 3.62. The summed E-state index contributed by atoms with van der Waals surface area (Å²) in [5.41, 5.74) is 9.69. The van der Waals surface area contributed by atoms with Gasteiger partial charge in [0.15, 0.2) is 11.6 Å². The summed E-state index contributed by atoms with van der Waals surface area (Å²) >= 11 is 0. The van der Waals surface area contributed by atoms with Crippen molar-refractivity contribution < 1.29 is 0 Å². The Hall–Kier alpha value is -8.36. The second kappa shape index (κ2) is 13.6. The van der Waals surface area contributed by atoms with Gasteiger partial charge in [-0.15, -0.1) is 0 Å². The molecule has 0 spiro atoms. The standard InChI is InChI=1S/C52H32N8/c1-2-14-38(15-3-1)59-46-21-11-9-19-43(46)55-51(59)36-24-22-33(23-25-36)37-26-27-45-42(32-37)41-18-8-10-20-44(41)60(45)52-57-49(47-39-16-6-4-12-34(39)28-30-53-47)56-50(58-52)48-40-17-7-5-13-35(40)29-31-54-48/h1-32H. The maximum atomic E-state index is 5.21. The van der Waals surface area contributed by atoms with E-state index in [1.165, 1.54) is 0 Å². The first-order valence-electron chi connectivity index (χ1n) is 19.9. The molecule has 8 nitrogen and oxygen atoms in total. The van der Waals surface area contributed by atoms with Gasteiger partial charge in [0.1, 0.15) is 17.2 Å². The van der Waals surface area contributed by atoms with Crippen LogP contribution in [0, 0.1) is 0 Å². The number of benzene rings is 7. The Kier molecular flexibility index (Phi) is 7.67. The second-order valence-corrected chi connectivity index (χ2v) is 14.8. The largest absolute Gasteiger partial charge is 0.292 e. The van der Waals surface area contributed by atoms with E-state index in [9.17, 15) is 0 Å². The van der Waals surface area contributed by atoms with Gasteiger partial charge < -0.3 is 0 Å². The van der Waals surface area contributed by atoms with E-state index in [4.69, 9.17) is 29.9 Å². The summed E-state index contributed by atoms with van der Waals surface area (Å²) in [4.78, 5) is 30.3. The maximum Gasteiger partial charge on any atom is 0.238 e. The Bertz CT molecular complexity index is 3500. The van der Waals surface area contributed by atoms with Crippen molar-refractivity contribution in [1.29, 1.82) is 0 Å². The zero-order chi connectivity index (χ0) is 39.6. The lowest BCUT2D eigenvalue weighted by molar-refractivity contribution is 0.946. The van der Waals surface area contributed by atoms with Crippen LogP contribution in [-0.4, -0.2) is 39.0 Å². The van der Waals surface area contributed by atoms with Crippen LogP contribution < -0.4 is 0 Å². The van der Waals surface area contributed by atoms with Crippen molar-refractivity contribution in [1.82, 2.24) is 39.0 Å². The monoisotopic (exact) mass is 768 g/mol. The molecule has 0 saturated heterocycles. The van der Waals surface area contributed by atoms with Crippen molar-refractivity contribution in [2.24, 2.45) is 0 Å². The molecule has 7 aromatic carbocycles. The van der Waals surface area contributed by atoms with E-state index >= 15 is 0 Å². The molecule has 5 aromatic heterocycles. The molecule has 0 aliphatic heterocycles. The zero-order valence-electron chi connectivity index (χ0n) is 32.1. The third-order valence-corrected chi connectivity index (χ3v) is 11.3. The fourth-order valence-electron chi connectivity index (χ4n) is 8.51. The van der Waals surface area contributed by atoms with E-state index in [0.29, 0.717) is 29.0 Å². The number of nitrogens with zero attached hydrogens (tertiary/aromatic N) is 8. The fourth-order valence-corrected chi connectivity index (χ4v) is 8.51. The van der Waals surface area contributed by atoms with Crippen LogP contribution in [0.25, 0.3) is 112 Å². The van der Waals surface area contributed by atoms with Crippen molar-refractivity contribution >= 4 is 54.4 Å². The van der Waals surface area contributed by atoms with Gasteiger partial charge in [-0.25, -0.2) is 9.97 Å². The van der Waals surface area contributed by atoms with E-state index in [-0.39, 0.29) is 0 Å². The highest BCUT2D eigenvalue weighted by Gasteiger charge is 2.21. The number of hydrogen-bond donors (Lipinski definition) is 0. The predicted octanol–water partition coefficient (Wildman–Crippen LogP) is 12.1. The third kappa shape index (κ3) is 5.46. The van der Waals surface area contributed by atoms with Gasteiger partial charge >= 0.3 is 0 Å². The summed E-state index contributed by atoms with van der Waals surface area (Å²) in [6.45, 7) is 0. The number of para-hydroxylation sites is 4. The van der Waals surface area contributed by atoms with Crippen molar-refractivity contribution in [3.63, 3.8) is 0 Å². The van der Waals surface area contributed by atoms with Gasteiger partial charge in [-0.1, -0.05) is 127 Å². The van der Waals surface area contributed by atoms with Gasteiger partial charge in [-0.05, 0) is 76.5 Å². The summed E-state index contributed by atoms with van der Waals surface area (Å²) in [6, 6.07) is 62.8. The summed E-state index contributed by atoms with van der Waals surface area (Å²) in [5, 5.41) is 6.22. The van der Waals surface area contributed by atoms with E-state index in [1.807, 2.05) is 60.9 Å². The molecule has 60 heavy (non-hydrogen) atoms. The molecule has 5 heterocycles. The number of pyridine rings is 2. The number of imidazole rings is 1. The van der Waals surface area contributed by atoms with Crippen LogP contribution in [0.1, 0.15) is 0 Å². The van der Waals surface area contributed by atoms with Crippen LogP contribution in [0.2, 0.25) is 0 Å². The van der Waals surface area contributed by atoms with Gasteiger partial charge in [0.2, 0.25) is 5.95 Å². The molecule has 280 valence electrons. The van der Waals surface area contributed by atoms with Crippen LogP contribution in [0.5, 0.6) is 0 Å². The Balaban J connectivity index is 1.02. The highest BCUT2D eigenvalue weighted by atomic mass is 15.2. The lowest BCUT2D eigenvalue weighted by atomic mass is 10.0. The molecule has 0 saturated carbocycles. The molecule has 0 N–H and O–H groups in total. The van der Waals surface area contributed by atoms with Crippen LogP contribution in [0.4, 0.5) is 0 Å². The molecule has 0 amide bonds. The molecule has 8 heteroatoms. The van der Waals surface area contributed by atoms with Crippen molar-refractivity contribution in [3.8, 4) is 57.2 Å². The summed E-state index contributed by atoms with van der Waals surface area (Å²) < 4.78 is 4.37. The Labute approximate surface area is 343 Å². The van der Waals surface area contributed by atoms with E-state index in [1.54, 1.807) is 0 Å². The number of fused-ring (bicyclic) bond motifs is 6. The van der Waals surface area contributed by atoms with Crippen LogP contribution in [-0.2, 0) is 0 Å². The molecule has 0 bridgehead atoms. The first kappa shape index (κ1) is 33.7. The highest BCUT2D eigenvalue weighted by Crippen LogP contribution is 2.37. The first-order valence-corrected chi connectivity index (χ1v) is 19.9. The minimum absolute atomic E-state index is 0.477. The average molecular weight is 769 g/mol. The molecular formula is C52H32N8. The number of hydrogen-bond acceptors (Lipinski definition) is 6. The number of aromatic nitrogens is 8. The molecule has 0 unspecified atom stereocenters.